The molecule has 1 unspecified atom stereocenters. The van der Waals surface area contributed by atoms with E-state index in [2.05, 4.69) is 15.1 Å². The fourth-order valence-corrected chi connectivity index (χ4v) is 4.66. The molecular weight excluding hydrogens is 538 g/mol. The number of H-pyrrole nitrogens is 1. The summed E-state index contributed by atoms with van der Waals surface area (Å²) in [5.74, 6) is 1.85. The highest BCUT2D eigenvalue weighted by atomic mass is 32.2. The largest absolute Gasteiger partial charge is 0.493 e. The van der Waals surface area contributed by atoms with Crippen molar-refractivity contribution in [2.45, 2.75) is 6.10 Å². The second-order valence-electron chi connectivity index (χ2n) is 8.59. The number of ether oxygens (including phenoxy) is 4. The molecule has 0 radical (unpaired) electrons. The first-order chi connectivity index (χ1) is 19.5. The van der Waals surface area contributed by atoms with Gasteiger partial charge in [0.1, 0.15) is 31.7 Å². The molecule has 0 saturated heterocycles. The van der Waals surface area contributed by atoms with Crippen LogP contribution in [0.25, 0.3) is 21.8 Å². The molecule has 40 heavy (non-hydrogen) atoms. The number of fused-ring (bicyclic) bond motifs is 3. The lowest BCUT2D eigenvalue weighted by atomic mass is 10.1. The first-order valence-electron chi connectivity index (χ1n) is 12.7. The summed E-state index contributed by atoms with van der Waals surface area (Å²) in [5.41, 5.74) is 1.96. The Balaban J connectivity index is 1.34. The molecule has 4 aromatic rings. The summed E-state index contributed by atoms with van der Waals surface area (Å²) in [6.07, 6.45) is -0.588. The van der Waals surface area contributed by atoms with E-state index in [0.717, 1.165) is 21.8 Å². The van der Waals surface area contributed by atoms with Crippen molar-refractivity contribution in [1.29, 1.82) is 0 Å². The summed E-state index contributed by atoms with van der Waals surface area (Å²) in [4.78, 5) is 30.4. The summed E-state index contributed by atoms with van der Waals surface area (Å²) < 4.78 is 23.0. The Morgan fingerprint density at radius 2 is 1.73 bits per heavy atom. The number of thioether (sulfide) groups is 1. The maximum Gasteiger partial charge on any atom is 0.316 e. The predicted molar refractivity (Wildman–Crippen MR) is 153 cm³/mol. The second kappa shape index (κ2) is 14.8. The van der Waals surface area contributed by atoms with Gasteiger partial charge in [0.05, 0.1) is 18.4 Å². The average Bonchev–Trinajstić information content (AvgIpc) is 3.35. The van der Waals surface area contributed by atoms with Gasteiger partial charge in [0.25, 0.3) is 5.09 Å². The standard InChI is InChI=1S/C28H31N3O8S/c1-35-24-10-4-5-11-25(24)36-14-13-29-17-20(39-27(32)19-40-16-15-38-31(33)34)18-37-26-12-6-9-23-28(26)21-7-2-3-8-22(21)30-23/h2-12,20,29-30H,13-19H2,1H3. The molecule has 2 N–H and O–H groups in total. The lowest BCUT2D eigenvalue weighted by molar-refractivity contribution is -0.756. The van der Waals surface area contributed by atoms with Gasteiger partial charge < -0.3 is 34.1 Å². The second-order valence-corrected chi connectivity index (χ2v) is 9.69. The number of nitrogens with zero attached hydrogens (tertiary/aromatic N) is 1. The van der Waals surface area contributed by atoms with Crippen molar-refractivity contribution in [3.8, 4) is 17.2 Å². The van der Waals surface area contributed by atoms with Crippen LogP contribution in [0.3, 0.4) is 0 Å². The smallest absolute Gasteiger partial charge is 0.316 e. The van der Waals surface area contributed by atoms with Crippen LogP contribution in [-0.2, 0) is 14.4 Å². The Bertz CT molecular complexity index is 1410. The third-order valence-corrected chi connectivity index (χ3v) is 6.73. The molecule has 1 aromatic heterocycles. The highest BCUT2D eigenvalue weighted by molar-refractivity contribution is 7.99. The van der Waals surface area contributed by atoms with E-state index in [1.165, 1.54) is 11.8 Å². The van der Waals surface area contributed by atoms with Crippen molar-refractivity contribution in [3.05, 3.63) is 76.8 Å². The van der Waals surface area contributed by atoms with Crippen LogP contribution in [0.4, 0.5) is 0 Å². The number of hydrogen-bond acceptors (Lipinski definition) is 10. The number of methoxy groups -OCH3 is 1. The SMILES string of the molecule is COc1ccccc1OCCNCC(COc1cccc2[nH]c3ccccc3c12)OC(=O)CSCCO[N+](=O)[O-]. The summed E-state index contributed by atoms with van der Waals surface area (Å²) in [6.45, 7) is 1.24. The van der Waals surface area contributed by atoms with Crippen molar-refractivity contribution < 1.29 is 33.7 Å². The van der Waals surface area contributed by atoms with Crippen LogP contribution in [0.15, 0.2) is 66.7 Å². The van der Waals surface area contributed by atoms with Crippen LogP contribution in [0.2, 0.25) is 0 Å². The van der Waals surface area contributed by atoms with Crippen LogP contribution >= 0.6 is 11.8 Å². The van der Waals surface area contributed by atoms with E-state index in [1.807, 2.05) is 66.7 Å². The van der Waals surface area contributed by atoms with E-state index in [4.69, 9.17) is 18.9 Å². The molecule has 0 aliphatic rings. The van der Waals surface area contributed by atoms with E-state index in [9.17, 15) is 14.9 Å². The predicted octanol–water partition coefficient (Wildman–Crippen LogP) is 4.23. The lowest BCUT2D eigenvalue weighted by Gasteiger charge is -2.20. The maximum absolute atomic E-state index is 12.5. The minimum atomic E-state index is -0.857. The zero-order chi connectivity index (χ0) is 28.2. The summed E-state index contributed by atoms with van der Waals surface area (Å²) in [7, 11) is 1.59. The molecule has 0 amide bonds. The number of benzene rings is 3. The van der Waals surface area contributed by atoms with Gasteiger partial charge in [0.2, 0.25) is 0 Å². The first-order valence-corrected chi connectivity index (χ1v) is 13.8. The van der Waals surface area contributed by atoms with Crippen molar-refractivity contribution in [1.82, 2.24) is 10.3 Å². The molecule has 212 valence electrons. The summed E-state index contributed by atoms with van der Waals surface area (Å²) in [6, 6.07) is 21.2. The Labute approximate surface area is 235 Å². The van der Waals surface area contributed by atoms with Crippen LogP contribution in [-0.4, -0.2) is 73.7 Å². The van der Waals surface area contributed by atoms with Crippen LogP contribution < -0.4 is 19.5 Å². The minimum Gasteiger partial charge on any atom is -0.493 e. The third-order valence-electron chi connectivity index (χ3n) is 5.84. The minimum absolute atomic E-state index is 0.0342. The molecule has 0 saturated carbocycles. The van der Waals surface area contributed by atoms with Gasteiger partial charge in [0.15, 0.2) is 11.5 Å². The third kappa shape index (κ3) is 8.17. The first kappa shape index (κ1) is 28.8. The number of carbonyl (C=O) groups is 1. The zero-order valence-electron chi connectivity index (χ0n) is 22.0. The molecule has 11 nitrogen and oxygen atoms in total. The van der Waals surface area contributed by atoms with Crippen molar-refractivity contribution in [2.24, 2.45) is 0 Å². The molecule has 1 heterocycles. The molecule has 4 rings (SSSR count). The van der Waals surface area contributed by atoms with Crippen molar-refractivity contribution in [2.75, 3.05) is 51.5 Å². The quantitative estimate of drug-likeness (QED) is 0.0823. The van der Waals surface area contributed by atoms with E-state index in [0.29, 0.717) is 42.7 Å². The molecule has 12 heteroatoms. The topological polar surface area (TPSA) is 134 Å². The van der Waals surface area contributed by atoms with Gasteiger partial charge in [-0.05, 0) is 30.3 Å². The Morgan fingerprint density at radius 1 is 0.975 bits per heavy atom. The number of para-hydroxylation sites is 3. The summed E-state index contributed by atoms with van der Waals surface area (Å²) >= 11 is 1.20. The number of aromatic nitrogens is 1. The van der Waals surface area contributed by atoms with E-state index < -0.39 is 17.2 Å². The number of hydrogen-bond donors (Lipinski definition) is 2. The molecular formula is C28H31N3O8S. The molecule has 0 fully saturated rings. The molecule has 0 bridgehead atoms. The molecule has 0 aliphatic heterocycles. The van der Waals surface area contributed by atoms with Gasteiger partial charge in [-0.1, -0.05) is 36.4 Å². The molecule has 3 aromatic carbocycles. The Kier molecular flexibility index (Phi) is 10.7. The molecule has 0 aliphatic carbocycles. The van der Waals surface area contributed by atoms with Crippen LogP contribution in [0.5, 0.6) is 17.2 Å². The highest BCUT2D eigenvalue weighted by Crippen LogP contribution is 2.33. The summed E-state index contributed by atoms with van der Waals surface area (Å²) in [5, 5.41) is 14.7. The monoisotopic (exact) mass is 569 g/mol. The maximum atomic E-state index is 12.5. The van der Waals surface area contributed by atoms with Crippen molar-refractivity contribution >= 4 is 39.5 Å². The highest BCUT2D eigenvalue weighted by Gasteiger charge is 2.17. The Hall–Kier alpha value is -4.16. The van der Waals surface area contributed by atoms with Gasteiger partial charge in [-0.25, -0.2) is 0 Å². The van der Waals surface area contributed by atoms with E-state index >= 15 is 0 Å². The van der Waals surface area contributed by atoms with E-state index in [-0.39, 0.29) is 19.0 Å². The number of esters is 1. The number of nitrogens with one attached hydrogen (secondary N) is 2. The number of aromatic amines is 1. The van der Waals surface area contributed by atoms with Gasteiger partial charge in [-0.2, -0.15) is 0 Å². The molecule has 0 spiro atoms. The van der Waals surface area contributed by atoms with Gasteiger partial charge in [-0.15, -0.1) is 21.9 Å². The number of carbonyl (C=O) groups excluding carboxylic acids is 1. The fraction of sp³-hybridized carbons (Fsp3) is 0.321. The Morgan fingerprint density at radius 3 is 2.55 bits per heavy atom. The van der Waals surface area contributed by atoms with Crippen LogP contribution in [0, 0.1) is 10.1 Å². The zero-order valence-corrected chi connectivity index (χ0v) is 22.8. The average molecular weight is 570 g/mol. The van der Waals surface area contributed by atoms with E-state index in [1.54, 1.807) is 7.11 Å². The number of rotatable bonds is 17. The van der Waals surface area contributed by atoms with Crippen LogP contribution in [0.1, 0.15) is 0 Å². The van der Waals surface area contributed by atoms with Gasteiger partial charge >= 0.3 is 5.97 Å². The van der Waals surface area contributed by atoms with Crippen molar-refractivity contribution in [3.63, 3.8) is 0 Å². The van der Waals surface area contributed by atoms with Gasteiger partial charge in [0, 0.05) is 35.1 Å². The van der Waals surface area contributed by atoms with Gasteiger partial charge in [-0.3, -0.25) is 4.79 Å². The fourth-order valence-electron chi connectivity index (χ4n) is 4.09. The molecule has 1 atom stereocenters. The lowest BCUT2D eigenvalue weighted by Crippen LogP contribution is -2.37. The normalized spacial score (nSPS) is 11.7.